The first kappa shape index (κ1) is 23.7. The van der Waals surface area contributed by atoms with E-state index in [4.69, 9.17) is 0 Å². The van der Waals surface area contributed by atoms with E-state index in [0.29, 0.717) is 0 Å². The lowest BCUT2D eigenvalue weighted by molar-refractivity contribution is 0.0246. The van der Waals surface area contributed by atoms with Crippen molar-refractivity contribution in [1.29, 1.82) is 0 Å². The summed E-state index contributed by atoms with van der Waals surface area (Å²) in [6.45, 7) is 6.11. The quantitative estimate of drug-likeness (QED) is 0.413. The monoisotopic (exact) mass is 414 g/mol. The van der Waals surface area contributed by atoms with Crippen LogP contribution < -0.4 is 0 Å². The molecule has 0 aliphatic carbocycles. The van der Waals surface area contributed by atoms with Crippen molar-refractivity contribution in [1.82, 2.24) is 0 Å². The van der Waals surface area contributed by atoms with Crippen LogP contribution in [0.1, 0.15) is 68.7 Å². The molecule has 0 aromatic heterocycles. The van der Waals surface area contributed by atoms with Gasteiger partial charge in [0.25, 0.3) is 0 Å². The third-order valence-electron chi connectivity index (χ3n) is 5.68. The molecule has 2 aromatic rings. The fraction of sp³-hybridized carbons (Fsp3) is 0.440. The Bertz CT molecular complexity index is 809. The fourth-order valence-corrected chi connectivity index (χ4v) is 4.25. The highest BCUT2D eigenvalue weighted by molar-refractivity contribution is 7.98. The molecule has 2 aromatic carbocycles. The molecule has 2 rings (SSSR count). The first-order valence-corrected chi connectivity index (χ1v) is 11.4. The summed E-state index contributed by atoms with van der Waals surface area (Å²) in [6.07, 6.45) is 5.48. The number of rotatable bonds is 11. The van der Waals surface area contributed by atoms with Gasteiger partial charge in [-0.15, -0.1) is 11.8 Å². The van der Waals surface area contributed by atoms with E-state index in [1.807, 2.05) is 32.0 Å². The molecule has 0 amide bonds. The topological polar surface area (TPSA) is 60.7 Å². The highest BCUT2D eigenvalue weighted by Gasteiger charge is 2.20. The Kier molecular flexibility index (Phi) is 9.44. The number of hydrogen-bond acceptors (Lipinski definition) is 4. The van der Waals surface area contributed by atoms with Crippen molar-refractivity contribution in [2.45, 2.75) is 75.9 Å². The zero-order valence-electron chi connectivity index (χ0n) is 17.8. The van der Waals surface area contributed by atoms with Crippen molar-refractivity contribution in [2.24, 2.45) is 0 Å². The number of aliphatic hydroxyl groups is 3. The first-order valence-electron chi connectivity index (χ1n) is 10.4. The molecular formula is C25H34O3S. The van der Waals surface area contributed by atoms with Crippen molar-refractivity contribution in [2.75, 3.05) is 0 Å². The van der Waals surface area contributed by atoms with Gasteiger partial charge in [0.05, 0.1) is 18.8 Å². The summed E-state index contributed by atoms with van der Waals surface area (Å²) in [4.78, 5) is 1.20. The van der Waals surface area contributed by atoms with Gasteiger partial charge >= 0.3 is 0 Å². The highest BCUT2D eigenvalue weighted by atomic mass is 32.2. The van der Waals surface area contributed by atoms with Crippen LogP contribution in [0.2, 0.25) is 0 Å². The predicted octanol–water partition coefficient (Wildman–Crippen LogP) is 5.70. The Balaban J connectivity index is 2.01. The lowest BCUT2D eigenvalue weighted by Crippen LogP contribution is -2.25. The second-order valence-corrected chi connectivity index (χ2v) is 8.64. The number of benzene rings is 2. The van der Waals surface area contributed by atoms with Gasteiger partial charge in [-0.3, -0.25) is 0 Å². The van der Waals surface area contributed by atoms with Gasteiger partial charge in [0.2, 0.25) is 0 Å². The molecule has 0 saturated carbocycles. The summed E-state index contributed by atoms with van der Waals surface area (Å²) < 4.78 is 0. The van der Waals surface area contributed by atoms with Gasteiger partial charge in [0.1, 0.15) is 0 Å². The Morgan fingerprint density at radius 2 is 1.72 bits per heavy atom. The van der Waals surface area contributed by atoms with Gasteiger partial charge in [-0.05, 0) is 72.6 Å². The minimum Gasteiger partial charge on any atom is -0.392 e. The molecule has 3 nitrogen and oxygen atoms in total. The molecule has 29 heavy (non-hydrogen) atoms. The van der Waals surface area contributed by atoms with Crippen LogP contribution in [-0.2, 0) is 19.0 Å². The lowest BCUT2D eigenvalue weighted by atomic mass is 9.91. The fourth-order valence-electron chi connectivity index (χ4n) is 3.35. The van der Waals surface area contributed by atoms with Crippen molar-refractivity contribution in [3.8, 4) is 0 Å². The average molecular weight is 415 g/mol. The molecule has 0 aliphatic heterocycles. The van der Waals surface area contributed by atoms with Gasteiger partial charge in [-0.2, -0.15) is 0 Å². The normalized spacial score (nSPS) is 12.4. The smallest absolute Gasteiger partial charge is 0.0685 e. The molecule has 0 fully saturated rings. The van der Waals surface area contributed by atoms with Crippen LogP contribution in [0.5, 0.6) is 0 Å². The zero-order chi connectivity index (χ0) is 21.3. The zero-order valence-corrected chi connectivity index (χ0v) is 18.6. The summed E-state index contributed by atoms with van der Waals surface area (Å²) in [6, 6.07) is 14.4. The molecule has 0 aliphatic rings. The Labute approximate surface area is 179 Å². The first-order chi connectivity index (χ1) is 13.9. The van der Waals surface area contributed by atoms with Crippen molar-refractivity contribution in [3.63, 3.8) is 0 Å². The van der Waals surface area contributed by atoms with E-state index in [2.05, 4.69) is 37.3 Å². The summed E-state index contributed by atoms with van der Waals surface area (Å²) in [5.41, 5.74) is 4.59. The molecule has 0 atom stereocenters. The molecule has 3 N–H and O–H groups in total. The Morgan fingerprint density at radius 3 is 2.38 bits per heavy atom. The van der Waals surface area contributed by atoms with E-state index < -0.39 is 5.60 Å². The van der Waals surface area contributed by atoms with Gasteiger partial charge in [-0.25, -0.2) is 0 Å². The van der Waals surface area contributed by atoms with Crippen molar-refractivity contribution < 1.29 is 15.3 Å². The maximum atomic E-state index is 10.4. The predicted molar refractivity (Wildman–Crippen MR) is 123 cm³/mol. The van der Waals surface area contributed by atoms with Crippen LogP contribution in [0.4, 0.5) is 0 Å². The molecule has 0 radical (unpaired) electrons. The molecular weight excluding hydrogens is 380 g/mol. The molecule has 158 valence electrons. The van der Waals surface area contributed by atoms with E-state index in [1.165, 1.54) is 16.0 Å². The van der Waals surface area contributed by atoms with Gasteiger partial charge in [-0.1, -0.05) is 50.3 Å². The van der Waals surface area contributed by atoms with E-state index in [0.717, 1.165) is 48.1 Å². The summed E-state index contributed by atoms with van der Waals surface area (Å²) >= 11 is 1.76. The standard InChI is InChI=1S/C25H34O3S/c1-4-25(28,5-2)13-7-8-19(3)21-9-6-10-24(15-21)29-18-20-11-12-22(16-26)23(14-20)17-27/h6,8-12,14-15,26-28H,4-5,7,13,16-18H2,1-3H3. The molecule has 0 unspecified atom stereocenters. The molecule has 0 spiro atoms. The van der Waals surface area contributed by atoms with E-state index in [1.54, 1.807) is 11.8 Å². The van der Waals surface area contributed by atoms with Gasteiger partial charge < -0.3 is 15.3 Å². The van der Waals surface area contributed by atoms with Gasteiger partial charge in [0, 0.05) is 10.6 Å². The SMILES string of the molecule is CCC(O)(CC)CCC=C(C)c1cccc(SCc2ccc(CO)c(CO)c2)c1. The number of allylic oxidation sites excluding steroid dienone is 2. The summed E-state index contributed by atoms with van der Waals surface area (Å²) in [5.74, 6) is 0.810. The Morgan fingerprint density at radius 1 is 1.00 bits per heavy atom. The van der Waals surface area contributed by atoms with Crippen LogP contribution in [0.25, 0.3) is 5.57 Å². The maximum Gasteiger partial charge on any atom is 0.0685 e. The van der Waals surface area contributed by atoms with E-state index in [-0.39, 0.29) is 13.2 Å². The van der Waals surface area contributed by atoms with Crippen LogP contribution in [-0.4, -0.2) is 20.9 Å². The van der Waals surface area contributed by atoms with Crippen LogP contribution in [0.3, 0.4) is 0 Å². The second-order valence-electron chi connectivity index (χ2n) is 7.59. The van der Waals surface area contributed by atoms with Crippen molar-refractivity contribution >= 4 is 17.3 Å². The van der Waals surface area contributed by atoms with Gasteiger partial charge in [0.15, 0.2) is 0 Å². The maximum absolute atomic E-state index is 10.4. The molecule has 0 saturated heterocycles. The van der Waals surface area contributed by atoms with Crippen LogP contribution in [0, 0.1) is 0 Å². The number of aliphatic hydroxyl groups excluding tert-OH is 2. The molecule has 0 bridgehead atoms. The minimum atomic E-state index is -0.548. The largest absolute Gasteiger partial charge is 0.392 e. The molecule has 0 heterocycles. The van der Waals surface area contributed by atoms with E-state index in [9.17, 15) is 15.3 Å². The van der Waals surface area contributed by atoms with E-state index >= 15 is 0 Å². The van der Waals surface area contributed by atoms with Crippen molar-refractivity contribution in [3.05, 3.63) is 70.8 Å². The Hall–Kier alpha value is -1.59. The average Bonchev–Trinajstić information content (AvgIpc) is 2.77. The lowest BCUT2D eigenvalue weighted by Gasteiger charge is -2.24. The number of thioether (sulfide) groups is 1. The second kappa shape index (κ2) is 11.6. The molecule has 4 heteroatoms. The minimum absolute atomic E-state index is 0.0507. The highest BCUT2D eigenvalue weighted by Crippen LogP contribution is 2.28. The third kappa shape index (κ3) is 7.00. The number of hydrogen-bond donors (Lipinski definition) is 3. The summed E-state index contributed by atoms with van der Waals surface area (Å²) in [5, 5.41) is 29.2. The third-order valence-corrected chi connectivity index (χ3v) is 6.75. The summed E-state index contributed by atoms with van der Waals surface area (Å²) in [7, 11) is 0. The van der Waals surface area contributed by atoms with Crippen LogP contribution in [0.15, 0.2) is 53.4 Å². The van der Waals surface area contributed by atoms with Crippen LogP contribution >= 0.6 is 11.8 Å².